The minimum atomic E-state index is -0.0377. The van der Waals surface area contributed by atoms with E-state index in [4.69, 9.17) is 5.73 Å². The first-order valence-electron chi connectivity index (χ1n) is 6.69. The van der Waals surface area contributed by atoms with Crippen LogP contribution in [0.5, 0.6) is 0 Å². The summed E-state index contributed by atoms with van der Waals surface area (Å²) < 4.78 is 0. The molecule has 0 fully saturated rings. The van der Waals surface area contributed by atoms with Crippen LogP contribution in [0.15, 0.2) is 48.8 Å². The van der Waals surface area contributed by atoms with Crippen molar-refractivity contribution in [3.8, 4) is 0 Å². The third-order valence-corrected chi connectivity index (χ3v) is 3.24. The minimum Gasteiger partial charge on any atom is -0.399 e. The van der Waals surface area contributed by atoms with Crippen molar-refractivity contribution < 1.29 is 4.79 Å². The third kappa shape index (κ3) is 3.82. The molecule has 20 heavy (non-hydrogen) atoms. The largest absolute Gasteiger partial charge is 0.399 e. The molecular weight excluding hydrogens is 250 g/mol. The van der Waals surface area contributed by atoms with E-state index in [0.717, 1.165) is 16.8 Å². The molecule has 1 aromatic heterocycles. The zero-order chi connectivity index (χ0) is 14.4. The molecule has 0 spiro atoms. The van der Waals surface area contributed by atoms with Gasteiger partial charge in [-0.3, -0.25) is 9.78 Å². The maximum absolute atomic E-state index is 11.9. The second kappa shape index (κ2) is 6.70. The van der Waals surface area contributed by atoms with Crippen LogP contribution in [0.2, 0.25) is 0 Å². The lowest BCUT2D eigenvalue weighted by atomic mass is 10.1. The molecule has 4 heteroatoms. The van der Waals surface area contributed by atoms with Crippen LogP contribution in [0.25, 0.3) is 0 Å². The molecule has 1 heterocycles. The molecule has 4 nitrogen and oxygen atoms in total. The molecule has 104 valence electrons. The fourth-order valence-corrected chi connectivity index (χ4v) is 2.04. The Labute approximate surface area is 119 Å². The molecule has 1 atom stereocenters. The Morgan fingerprint density at radius 2 is 2.10 bits per heavy atom. The van der Waals surface area contributed by atoms with E-state index in [1.54, 1.807) is 12.4 Å². The Balaban J connectivity index is 1.86. The summed E-state index contributed by atoms with van der Waals surface area (Å²) in [5.74, 6) is 0.0182. The Morgan fingerprint density at radius 3 is 2.80 bits per heavy atom. The Kier molecular flexibility index (Phi) is 4.71. The third-order valence-electron chi connectivity index (χ3n) is 3.24. The van der Waals surface area contributed by atoms with Crippen molar-refractivity contribution in [1.82, 2.24) is 10.3 Å². The molecule has 0 bridgehead atoms. The summed E-state index contributed by atoms with van der Waals surface area (Å²) in [4.78, 5) is 16.0. The fraction of sp³-hybridized carbons (Fsp3) is 0.250. The van der Waals surface area contributed by atoms with Gasteiger partial charge in [0, 0.05) is 24.5 Å². The van der Waals surface area contributed by atoms with E-state index >= 15 is 0 Å². The Hall–Kier alpha value is -2.36. The van der Waals surface area contributed by atoms with Crippen LogP contribution in [0.4, 0.5) is 5.69 Å². The number of para-hydroxylation sites is 1. The van der Waals surface area contributed by atoms with Crippen molar-refractivity contribution in [3.63, 3.8) is 0 Å². The zero-order valence-electron chi connectivity index (χ0n) is 11.5. The summed E-state index contributed by atoms with van der Waals surface area (Å²) in [6, 6.07) is 11.4. The van der Waals surface area contributed by atoms with Crippen molar-refractivity contribution in [2.45, 2.75) is 25.8 Å². The number of aromatic nitrogens is 1. The first kappa shape index (κ1) is 14.1. The van der Waals surface area contributed by atoms with Crippen molar-refractivity contribution in [2.75, 3.05) is 5.73 Å². The van der Waals surface area contributed by atoms with Gasteiger partial charge in [0.2, 0.25) is 5.91 Å². The number of aryl methyl sites for hydroxylation is 1. The van der Waals surface area contributed by atoms with Crippen molar-refractivity contribution in [3.05, 3.63) is 59.9 Å². The van der Waals surface area contributed by atoms with Crippen LogP contribution in [0, 0.1) is 0 Å². The number of rotatable bonds is 5. The smallest absolute Gasteiger partial charge is 0.220 e. The maximum atomic E-state index is 11.9. The number of nitrogens with one attached hydrogen (secondary N) is 1. The first-order chi connectivity index (χ1) is 9.66. The summed E-state index contributed by atoms with van der Waals surface area (Å²) in [6.07, 6.45) is 4.56. The fourth-order valence-electron chi connectivity index (χ4n) is 2.04. The molecule has 1 aromatic carbocycles. The van der Waals surface area contributed by atoms with Crippen molar-refractivity contribution >= 4 is 11.6 Å². The predicted molar refractivity (Wildman–Crippen MR) is 80.0 cm³/mol. The van der Waals surface area contributed by atoms with Gasteiger partial charge in [-0.05, 0) is 36.6 Å². The number of pyridine rings is 1. The summed E-state index contributed by atoms with van der Waals surface area (Å²) in [5, 5.41) is 2.97. The Morgan fingerprint density at radius 1 is 1.30 bits per heavy atom. The van der Waals surface area contributed by atoms with Gasteiger partial charge < -0.3 is 11.1 Å². The average Bonchev–Trinajstić information content (AvgIpc) is 2.47. The summed E-state index contributed by atoms with van der Waals surface area (Å²) >= 11 is 0. The number of anilines is 1. The zero-order valence-corrected chi connectivity index (χ0v) is 11.5. The van der Waals surface area contributed by atoms with Gasteiger partial charge in [-0.25, -0.2) is 0 Å². The molecule has 0 saturated heterocycles. The standard InChI is InChI=1S/C16H19N3O/c1-12(14-6-4-10-18-11-14)19-16(20)9-8-13-5-2-3-7-15(13)17/h2-7,10-12H,8-9,17H2,1H3,(H,19,20). The number of amides is 1. The van der Waals surface area contributed by atoms with E-state index in [1.165, 1.54) is 0 Å². The van der Waals surface area contributed by atoms with Crippen LogP contribution in [-0.4, -0.2) is 10.9 Å². The van der Waals surface area contributed by atoms with Gasteiger partial charge in [0.25, 0.3) is 0 Å². The highest BCUT2D eigenvalue weighted by atomic mass is 16.1. The van der Waals surface area contributed by atoms with E-state index in [0.29, 0.717) is 12.8 Å². The number of nitrogens with two attached hydrogens (primary N) is 1. The topological polar surface area (TPSA) is 68.0 Å². The first-order valence-corrected chi connectivity index (χ1v) is 6.69. The quantitative estimate of drug-likeness (QED) is 0.819. The summed E-state index contributed by atoms with van der Waals surface area (Å²) in [5.41, 5.74) is 8.61. The SMILES string of the molecule is CC(NC(=O)CCc1ccccc1N)c1cccnc1. The summed E-state index contributed by atoms with van der Waals surface area (Å²) in [7, 11) is 0. The van der Waals surface area contributed by atoms with Crippen LogP contribution in [0.1, 0.15) is 30.5 Å². The normalized spacial score (nSPS) is 11.8. The molecule has 0 aliphatic heterocycles. The molecule has 0 radical (unpaired) electrons. The highest BCUT2D eigenvalue weighted by Crippen LogP contribution is 2.14. The lowest BCUT2D eigenvalue weighted by molar-refractivity contribution is -0.121. The predicted octanol–water partition coefficient (Wildman–Crippen LogP) is 2.47. The number of hydrogen-bond donors (Lipinski definition) is 2. The highest BCUT2D eigenvalue weighted by Gasteiger charge is 2.10. The van der Waals surface area contributed by atoms with E-state index in [-0.39, 0.29) is 11.9 Å². The van der Waals surface area contributed by atoms with E-state index in [2.05, 4.69) is 10.3 Å². The van der Waals surface area contributed by atoms with Gasteiger partial charge in [-0.15, -0.1) is 0 Å². The van der Waals surface area contributed by atoms with Gasteiger partial charge in [-0.2, -0.15) is 0 Å². The molecular formula is C16H19N3O. The minimum absolute atomic E-state index is 0.0182. The van der Waals surface area contributed by atoms with E-state index in [9.17, 15) is 4.79 Å². The van der Waals surface area contributed by atoms with E-state index < -0.39 is 0 Å². The van der Waals surface area contributed by atoms with Gasteiger partial charge >= 0.3 is 0 Å². The molecule has 2 rings (SSSR count). The number of hydrogen-bond acceptors (Lipinski definition) is 3. The number of nitrogens with zero attached hydrogens (tertiary/aromatic N) is 1. The lowest BCUT2D eigenvalue weighted by Gasteiger charge is -2.14. The Bertz CT molecular complexity index is 569. The van der Waals surface area contributed by atoms with Crippen LogP contribution >= 0.6 is 0 Å². The number of carbonyl (C=O) groups excluding carboxylic acids is 1. The number of nitrogen functional groups attached to an aromatic ring is 1. The van der Waals surface area contributed by atoms with Crippen molar-refractivity contribution in [2.24, 2.45) is 0 Å². The van der Waals surface area contributed by atoms with E-state index in [1.807, 2.05) is 43.3 Å². The molecule has 0 aliphatic carbocycles. The second-order valence-electron chi connectivity index (χ2n) is 4.77. The van der Waals surface area contributed by atoms with Crippen LogP contribution in [-0.2, 0) is 11.2 Å². The number of benzene rings is 1. The molecule has 0 aliphatic rings. The molecule has 2 aromatic rings. The van der Waals surface area contributed by atoms with Gasteiger partial charge in [0.05, 0.1) is 6.04 Å². The maximum Gasteiger partial charge on any atom is 0.220 e. The lowest BCUT2D eigenvalue weighted by Crippen LogP contribution is -2.26. The number of carbonyl (C=O) groups is 1. The molecule has 0 saturated carbocycles. The van der Waals surface area contributed by atoms with Gasteiger partial charge in [0.15, 0.2) is 0 Å². The molecule has 1 unspecified atom stereocenters. The molecule has 3 N–H and O–H groups in total. The highest BCUT2D eigenvalue weighted by molar-refractivity contribution is 5.76. The molecule has 1 amide bonds. The van der Waals surface area contributed by atoms with Crippen molar-refractivity contribution in [1.29, 1.82) is 0 Å². The van der Waals surface area contributed by atoms with Crippen LogP contribution in [0.3, 0.4) is 0 Å². The monoisotopic (exact) mass is 269 g/mol. The van der Waals surface area contributed by atoms with Crippen LogP contribution < -0.4 is 11.1 Å². The average molecular weight is 269 g/mol. The second-order valence-corrected chi connectivity index (χ2v) is 4.77. The van der Waals surface area contributed by atoms with Gasteiger partial charge in [0.1, 0.15) is 0 Å². The van der Waals surface area contributed by atoms with Gasteiger partial charge in [-0.1, -0.05) is 24.3 Å². The summed E-state index contributed by atoms with van der Waals surface area (Å²) in [6.45, 7) is 1.95.